The molecule has 0 fully saturated rings. The van der Waals surface area contributed by atoms with Crippen molar-refractivity contribution in [3.05, 3.63) is 22.7 Å². The van der Waals surface area contributed by atoms with Crippen molar-refractivity contribution in [1.29, 1.82) is 0 Å². The van der Waals surface area contributed by atoms with Gasteiger partial charge in [0.2, 0.25) is 5.91 Å². The first kappa shape index (κ1) is 17.8. The van der Waals surface area contributed by atoms with Gasteiger partial charge < -0.3 is 11.1 Å². The van der Waals surface area contributed by atoms with Crippen LogP contribution in [-0.4, -0.2) is 36.6 Å². The standard InChI is InChI=1S/C13H17BrF3N3O/c1-2-5-20(8-13(15,16)17)7-12(21)19-11-4-3-9(18)6-10(11)14/h3-4,6H,2,5,7-8,18H2,1H3,(H,19,21). The molecular formula is C13H17BrF3N3O. The van der Waals surface area contributed by atoms with E-state index in [1.54, 1.807) is 25.1 Å². The van der Waals surface area contributed by atoms with Gasteiger partial charge in [0.15, 0.2) is 0 Å². The average Bonchev–Trinajstić information content (AvgIpc) is 2.31. The Morgan fingerprint density at radius 2 is 2.10 bits per heavy atom. The number of hydrogen-bond acceptors (Lipinski definition) is 3. The molecule has 0 heterocycles. The zero-order valence-corrected chi connectivity index (χ0v) is 13.1. The van der Waals surface area contributed by atoms with Crippen LogP contribution in [-0.2, 0) is 4.79 Å². The maximum atomic E-state index is 12.4. The second kappa shape index (κ2) is 7.65. The first-order valence-corrected chi connectivity index (χ1v) is 7.14. The van der Waals surface area contributed by atoms with Crippen LogP contribution in [0, 0.1) is 0 Å². The summed E-state index contributed by atoms with van der Waals surface area (Å²) in [6, 6.07) is 4.79. The van der Waals surface area contributed by atoms with Crippen molar-refractivity contribution >= 4 is 33.2 Å². The smallest absolute Gasteiger partial charge is 0.399 e. The Kier molecular flexibility index (Phi) is 6.47. The van der Waals surface area contributed by atoms with Crippen LogP contribution in [0.2, 0.25) is 0 Å². The lowest BCUT2D eigenvalue weighted by molar-refractivity contribution is -0.147. The van der Waals surface area contributed by atoms with E-state index in [0.29, 0.717) is 22.3 Å². The van der Waals surface area contributed by atoms with E-state index in [0.717, 1.165) is 4.90 Å². The van der Waals surface area contributed by atoms with Crippen molar-refractivity contribution < 1.29 is 18.0 Å². The van der Waals surface area contributed by atoms with Crippen molar-refractivity contribution in [3.8, 4) is 0 Å². The van der Waals surface area contributed by atoms with Gasteiger partial charge in [0.25, 0.3) is 0 Å². The third kappa shape index (κ3) is 6.81. The lowest BCUT2D eigenvalue weighted by atomic mass is 10.3. The number of rotatable bonds is 6. The fourth-order valence-corrected chi connectivity index (χ4v) is 2.30. The number of carbonyl (C=O) groups excluding carboxylic acids is 1. The Labute approximate surface area is 129 Å². The SMILES string of the molecule is CCCN(CC(=O)Nc1ccc(N)cc1Br)CC(F)(F)F. The minimum absolute atomic E-state index is 0.204. The number of benzene rings is 1. The van der Waals surface area contributed by atoms with E-state index in [1.165, 1.54) is 0 Å². The highest BCUT2D eigenvalue weighted by Crippen LogP contribution is 2.24. The molecule has 0 atom stereocenters. The highest BCUT2D eigenvalue weighted by molar-refractivity contribution is 9.10. The summed E-state index contributed by atoms with van der Waals surface area (Å²) in [4.78, 5) is 12.9. The fraction of sp³-hybridized carbons (Fsp3) is 0.462. The second-order valence-electron chi connectivity index (χ2n) is 4.61. The van der Waals surface area contributed by atoms with Crippen molar-refractivity contribution in [3.63, 3.8) is 0 Å². The van der Waals surface area contributed by atoms with Crippen LogP contribution in [0.1, 0.15) is 13.3 Å². The predicted molar refractivity (Wildman–Crippen MR) is 80.0 cm³/mol. The zero-order valence-electron chi connectivity index (χ0n) is 11.5. The summed E-state index contributed by atoms with van der Waals surface area (Å²) in [5.74, 6) is -0.502. The highest BCUT2D eigenvalue weighted by atomic mass is 79.9. The number of nitrogens with two attached hydrogens (primary N) is 1. The van der Waals surface area contributed by atoms with Crippen molar-refractivity contribution in [2.24, 2.45) is 0 Å². The Morgan fingerprint density at radius 1 is 1.43 bits per heavy atom. The third-order valence-electron chi connectivity index (χ3n) is 2.58. The molecule has 0 saturated heterocycles. The minimum atomic E-state index is -4.32. The largest absolute Gasteiger partial charge is 0.401 e. The van der Waals surface area contributed by atoms with Gasteiger partial charge in [0.05, 0.1) is 18.8 Å². The molecule has 1 aromatic carbocycles. The topological polar surface area (TPSA) is 58.4 Å². The van der Waals surface area contributed by atoms with Gasteiger partial charge in [-0.15, -0.1) is 0 Å². The Bertz CT molecular complexity index is 494. The lowest BCUT2D eigenvalue weighted by Crippen LogP contribution is -2.40. The summed E-state index contributed by atoms with van der Waals surface area (Å²) in [5.41, 5.74) is 6.56. The number of nitrogens with one attached hydrogen (secondary N) is 1. The first-order chi connectivity index (χ1) is 9.71. The number of nitrogen functional groups attached to an aromatic ring is 1. The van der Waals surface area contributed by atoms with Crippen molar-refractivity contribution in [1.82, 2.24) is 4.90 Å². The van der Waals surface area contributed by atoms with Gasteiger partial charge >= 0.3 is 6.18 Å². The lowest BCUT2D eigenvalue weighted by Gasteiger charge is -2.22. The van der Waals surface area contributed by atoms with Gasteiger partial charge in [0.1, 0.15) is 0 Å². The molecule has 3 N–H and O–H groups in total. The summed E-state index contributed by atoms with van der Waals surface area (Å²) in [7, 11) is 0. The average molecular weight is 368 g/mol. The molecule has 1 aromatic rings. The minimum Gasteiger partial charge on any atom is -0.399 e. The molecule has 0 bridgehead atoms. The molecule has 4 nitrogen and oxygen atoms in total. The van der Waals surface area contributed by atoms with Crippen LogP contribution < -0.4 is 11.1 Å². The molecule has 118 valence electrons. The first-order valence-electron chi connectivity index (χ1n) is 6.35. The molecule has 0 unspecified atom stereocenters. The maximum Gasteiger partial charge on any atom is 0.401 e. The highest BCUT2D eigenvalue weighted by Gasteiger charge is 2.31. The third-order valence-corrected chi connectivity index (χ3v) is 3.23. The molecular weight excluding hydrogens is 351 g/mol. The number of halogens is 4. The Balaban J connectivity index is 2.65. The predicted octanol–water partition coefficient (Wildman–Crippen LogP) is 3.24. The summed E-state index contributed by atoms with van der Waals surface area (Å²) in [6.07, 6.45) is -3.79. The zero-order chi connectivity index (χ0) is 16.0. The van der Waals surface area contributed by atoms with E-state index in [-0.39, 0.29) is 13.1 Å². The number of hydrogen-bond donors (Lipinski definition) is 2. The van der Waals surface area contributed by atoms with Crippen LogP contribution in [0.15, 0.2) is 22.7 Å². The van der Waals surface area contributed by atoms with E-state index in [1.807, 2.05) is 0 Å². The van der Waals surface area contributed by atoms with E-state index in [2.05, 4.69) is 21.2 Å². The summed E-state index contributed by atoms with van der Waals surface area (Å²) in [6.45, 7) is 0.551. The van der Waals surface area contributed by atoms with Crippen LogP contribution in [0.25, 0.3) is 0 Å². The molecule has 0 aromatic heterocycles. The van der Waals surface area contributed by atoms with Crippen LogP contribution in [0.5, 0.6) is 0 Å². The number of anilines is 2. The molecule has 0 radical (unpaired) electrons. The number of carbonyl (C=O) groups is 1. The molecule has 1 amide bonds. The summed E-state index contributed by atoms with van der Waals surface area (Å²) >= 11 is 3.23. The number of amides is 1. The summed E-state index contributed by atoms with van der Waals surface area (Å²) in [5, 5.41) is 2.56. The van der Waals surface area contributed by atoms with Crippen LogP contribution in [0.3, 0.4) is 0 Å². The van der Waals surface area contributed by atoms with Gasteiger partial charge in [0, 0.05) is 10.2 Å². The van der Waals surface area contributed by atoms with Crippen molar-refractivity contribution in [2.75, 3.05) is 30.7 Å². The monoisotopic (exact) mass is 367 g/mol. The molecule has 0 spiro atoms. The normalized spacial score (nSPS) is 11.7. The molecule has 0 aliphatic rings. The fourth-order valence-electron chi connectivity index (χ4n) is 1.81. The van der Waals surface area contributed by atoms with Crippen LogP contribution >= 0.6 is 15.9 Å². The number of alkyl halides is 3. The summed E-state index contributed by atoms with van der Waals surface area (Å²) < 4.78 is 37.8. The van der Waals surface area contributed by atoms with Gasteiger partial charge in [-0.3, -0.25) is 9.69 Å². The quantitative estimate of drug-likeness (QED) is 0.758. The molecule has 1 rings (SSSR count). The van der Waals surface area contributed by atoms with E-state index in [4.69, 9.17) is 5.73 Å². The number of nitrogens with zero attached hydrogens (tertiary/aromatic N) is 1. The maximum absolute atomic E-state index is 12.4. The van der Waals surface area contributed by atoms with Crippen molar-refractivity contribution in [2.45, 2.75) is 19.5 Å². The Morgan fingerprint density at radius 3 is 2.62 bits per heavy atom. The molecule has 8 heteroatoms. The van der Waals surface area contributed by atoms with Gasteiger partial charge in [-0.25, -0.2) is 0 Å². The van der Waals surface area contributed by atoms with Crippen LogP contribution in [0.4, 0.5) is 24.5 Å². The van der Waals surface area contributed by atoms with E-state index < -0.39 is 18.6 Å². The molecule has 0 aliphatic carbocycles. The van der Waals surface area contributed by atoms with Gasteiger partial charge in [-0.1, -0.05) is 6.92 Å². The second-order valence-corrected chi connectivity index (χ2v) is 5.47. The van der Waals surface area contributed by atoms with Gasteiger partial charge in [-0.2, -0.15) is 13.2 Å². The Hall–Kier alpha value is -1.28. The van der Waals surface area contributed by atoms with E-state index in [9.17, 15) is 18.0 Å². The van der Waals surface area contributed by atoms with Gasteiger partial charge in [-0.05, 0) is 47.1 Å². The molecule has 0 saturated carbocycles. The molecule has 0 aliphatic heterocycles. The van der Waals surface area contributed by atoms with E-state index >= 15 is 0 Å². The molecule has 21 heavy (non-hydrogen) atoms.